The van der Waals surface area contributed by atoms with Crippen LogP contribution in [-0.4, -0.2) is 27.8 Å². The van der Waals surface area contributed by atoms with E-state index in [1.54, 1.807) is 6.20 Å². The molecule has 0 fully saturated rings. The lowest BCUT2D eigenvalue weighted by molar-refractivity contribution is 0.650. The van der Waals surface area contributed by atoms with Gasteiger partial charge in [0.05, 0.1) is 12.0 Å². The summed E-state index contributed by atoms with van der Waals surface area (Å²) in [6.07, 6.45) is 9.50. The van der Waals surface area contributed by atoms with Crippen LogP contribution in [0.25, 0.3) is 0 Å². The molecule has 30 heavy (non-hydrogen) atoms. The fraction of sp³-hybridized carbons (Fsp3) is 0.240. The molecule has 1 aromatic heterocycles. The van der Waals surface area contributed by atoms with E-state index in [-0.39, 0.29) is 0 Å². The molecule has 0 aliphatic heterocycles. The number of allylic oxidation sites excluding steroid dienone is 2. The number of aryl methyl sites for hydroxylation is 1. The lowest BCUT2D eigenvalue weighted by Gasteiger charge is -2.29. The number of nitrogens with zero attached hydrogens (tertiary/aromatic N) is 4. The van der Waals surface area contributed by atoms with Crippen molar-refractivity contribution in [2.24, 2.45) is 15.7 Å². The number of aromatic nitrogens is 2. The van der Waals surface area contributed by atoms with E-state index in [0.29, 0.717) is 18.4 Å². The zero-order valence-electron chi connectivity index (χ0n) is 17.3. The maximum absolute atomic E-state index is 6.20. The molecule has 1 heterocycles. The third-order valence-electron chi connectivity index (χ3n) is 5.50. The Morgan fingerprint density at radius 3 is 2.73 bits per heavy atom. The summed E-state index contributed by atoms with van der Waals surface area (Å²) in [5.74, 6) is 0.656. The van der Waals surface area contributed by atoms with Gasteiger partial charge in [-0.15, -0.1) is 0 Å². The van der Waals surface area contributed by atoms with Crippen LogP contribution in [0.5, 0.6) is 0 Å². The summed E-state index contributed by atoms with van der Waals surface area (Å²) < 4.78 is 2.04. The summed E-state index contributed by atoms with van der Waals surface area (Å²) in [5.41, 5.74) is 12.1. The number of benzene rings is 2. The van der Waals surface area contributed by atoms with Crippen molar-refractivity contribution < 1.29 is 0 Å². The molecule has 1 unspecified atom stereocenters. The quantitative estimate of drug-likeness (QED) is 0.390. The predicted octanol–water partition coefficient (Wildman–Crippen LogP) is 4.56. The second-order valence-corrected chi connectivity index (χ2v) is 7.42. The molecule has 0 bridgehead atoms. The topological polar surface area (TPSA) is 68.6 Å². The number of imidazole rings is 1. The third-order valence-corrected chi connectivity index (χ3v) is 5.50. The van der Waals surface area contributed by atoms with Crippen LogP contribution in [-0.2, 0) is 6.54 Å². The van der Waals surface area contributed by atoms with Crippen molar-refractivity contribution in [3.8, 4) is 0 Å². The fourth-order valence-corrected chi connectivity index (χ4v) is 4.00. The van der Waals surface area contributed by atoms with E-state index in [1.807, 2.05) is 17.1 Å². The van der Waals surface area contributed by atoms with E-state index in [0.717, 1.165) is 30.7 Å². The lowest BCUT2D eigenvalue weighted by Crippen LogP contribution is -2.23. The van der Waals surface area contributed by atoms with E-state index in [1.165, 1.54) is 16.7 Å². The fourth-order valence-electron chi connectivity index (χ4n) is 4.00. The standard InChI is InChI=1S/C25H27N5/c1-2-19-17-23(20-9-4-3-5-10-20)21-11-6-7-12-22(21)24(19)29-25(26)28-13-8-15-30-16-14-27-18-30/h2-7,9-12,14,16,18,23H,8,13,15,17H2,1H3,(H2,26,28)/b19-2-,29-24?. The number of rotatable bonds is 5. The summed E-state index contributed by atoms with van der Waals surface area (Å²) in [4.78, 5) is 13.3. The molecule has 0 spiro atoms. The summed E-state index contributed by atoms with van der Waals surface area (Å²) >= 11 is 0. The molecule has 0 saturated heterocycles. The van der Waals surface area contributed by atoms with Crippen LogP contribution >= 0.6 is 0 Å². The Labute approximate surface area is 177 Å². The number of hydrogen-bond acceptors (Lipinski definition) is 2. The minimum absolute atomic E-state index is 0.320. The van der Waals surface area contributed by atoms with Gasteiger partial charge in [0.1, 0.15) is 0 Å². The van der Waals surface area contributed by atoms with Crippen LogP contribution in [0.15, 0.2) is 95.0 Å². The van der Waals surface area contributed by atoms with Gasteiger partial charge in [0.15, 0.2) is 0 Å². The first kappa shape index (κ1) is 19.8. The molecule has 0 radical (unpaired) electrons. The molecule has 4 rings (SSSR count). The number of hydrogen-bond donors (Lipinski definition) is 1. The minimum Gasteiger partial charge on any atom is -0.368 e. The Morgan fingerprint density at radius 2 is 1.97 bits per heavy atom. The number of guanidine groups is 1. The molecule has 152 valence electrons. The van der Waals surface area contributed by atoms with Gasteiger partial charge in [-0.1, -0.05) is 60.7 Å². The van der Waals surface area contributed by atoms with Crippen molar-refractivity contribution >= 4 is 11.7 Å². The van der Waals surface area contributed by atoms with Crippen molar-refractivity contribution in [2.75, 3.05) is 6.54 Å². The Balaban J connectivity index is 1.59. The van der Waals surface area contributed by atoms with Gasteiger partial charge in [-0.05, 0) is 36.5 Å². The van der Waals surface area contributed by atoms with Gasteiger partial charge in [-0.2, -0.15) is 0 Å². The molecule has 5 nitrogen and oxygen atoms in total. The summed E-state index contributed by atoms with van der Waals surface area (Å²) in [7, 11) is 0. The van der Waals surface area contributed by atoms with Crippen LogP contribution in [0.3, 0.4) is 0 Å². The van der Waals surface area contributed by atoms with Crippen LogP contribution < -0.4 is 5.73 Å². The zero-order valence-corrected chi connectivity index (χ0v) is 17.3. The SMILES string of the molecule is C/C=C1/CC(c2ccccc2)c2ccccc2C1=NC(N)=NCCCn1ccnc1. The number of nitrogens with two attached hydrogens (primary N) is 1. The largest absolute Gasteiger partial charge is 0.368 e. The van der Waals surface area contributed by atoms with Crippen LogP contribution in [0.2, 0.25) is 0 Å². The first-order valence-corrected chi connectivity index (χ1v) is 10.4. The van der Waals surface area contributed by atoms with Crippen molar-refractivity contribution in [3.05, 3.63) is 102 Å². The molecular formula is C25H27N5. The summed E-state index contributed by atoms with van der Waals surface area (Å²) in [6.45, 7) is 3.58. The molecule has 5 heteroatoms. The first-order chi connectivity index (χ1) is 14.8. The number of fused-ring (bicyclic) bond motifs is 1. The Morgan fingerprint density at radius 1 is 1.17 bits per heavy atom. The van der Waals surface area contributed by atoms with Crippen LogP contribution in [0.4, 0.5) is 0 Å². The van der Waals surface area contributed by atoms with Gasteiger partial charge in [-0.3, -0.25) is 4.99 Å². The van der Waals surface area contributed by atoms with E-state index in [4.69, 9.17) is 10.7 Å². The first-order valence-electron chi connectivity index (χ1n) is 10.4. The van der Waals surface area contributed by atoms with Gasteiger partial charge in [0.2, 0.25) is 5.96 Å². The lowest BCUT2D eigenvalue weighted by atomic mass is 9.75. The van der Waals surface area contributed by atoms with Gasteiger partial charge < -0.3 is 10.3 Å². The second kappa shape index (κ2) is 9.35. The maximum Gasteiger partial charge on any atom is 0.215 e. The van der Waals surface area contributed by atoms with E-state index in [2.05, 4.69) is 77.6 Å². The monoisotopic (exact) mass is 397 g/mol. The molecule has 1 aliphatic rings. The highest BCUT2D eigenvalue weighted by Crippen LogP contribution is 2.39. The van der Waals surface area contributed by atoms with Gasteiger partial charge in [0, 0.05) is 37.0 Å². The molecule has 1 atom stereocenters. The normalized spacial score (nSPS) is 19.2. The van der Waals surface area contributed by atoms with Gasteiger partial charge >= 0.3 is 0 Å². The van der Waals surface area contributed by atoms with Crippen LogP contribution in [0, 0.1) is 0 Å². The highest BCUT2D eigenvalue weighted by atomic mass is 15.0. The molecule has 1 aliphatic carbocycles. The average Bonchev–Trinajstić information content (AvgIpc) is 3.31. The third kappa shape index (κ3) is 4.40. The molecule has 0 amide bonds. The average molecular weight is 398 g/mol. The van der Waals surface area contributed by atoms with Gasteiger partial charge in [-0.25, -0.2) is 9.98 Å². The highest BCUT2D eigenvalue weighted by Gasteiger charge is 2.28. The summed E-state index contributed by atoms with van der Waals surface area (Å²) in [5, 5.41) is 0. The zero-order chi connectivity index (χ0) is 20.8. The Bertz CT molecular complexity index is 1060. The second-order valence-electron chi connectivity index (χ2n) is 7.42. The van der Waals surface area contributed by atoms with Crippen molar-refractivity contribution in [2.45, 2.75) is 32.2 Å². The van der Waals surface area contributed by atoms with E-state index < -0.39 is 0 Å². The highest BCUT2D eigenvalue weighted by molar-refractivity contribution is 6.18. The maximum atomic E-state index is 6.20. The molecule has 3 aromatic rings. The van der Waals surface area contributed by atoms with E-state index in [9.17, 15) is 0 Å². The van der Waals surface area contributed by atoms with Crippen molar-refractivity contribution in [1.82, 2.24) is 9.55 Å². The van der Waals surface area contributed by atoms with E-state index >= 15 is 0 Å². The minimum atomic E-state index is 0.320. The molecular weight excluding hydrogens is 370 g/mol. The van der Waals surface area contributed by atoms with Gasteiger partial charge in [0.25, 0.3) is 0 Å². The Hall–Kier alpha value is -3.47. The molecule has 2 N–H and O–H groups in total. The Kier molecular flexibility index (Phi) is 6.18. The smallest absolute Gasteiger partial charge is 0.215 e. The predicted molar refractivity (Wildman–Crippen MR) is 123 cm³/mol. The molecule has 0 saturated carbocycles. The number of aliphatic imine (C=N–C) groups is 2. The summed E-state index contributed by atoms with van der Waals surface area (Å²) in [6, 6.07) is 19.2. The van der Waals surface area contributed by atoms with Crippen LogP contribution in [0.1, 0.15) is 42.4 Å². The van der Waals surface area contributed by atoms with Crippen molar-refractivity contribution in [1.29, 1.82) is 0 Å². The molecule has 2 aromatic carbocycles. The van der Waals surface area contributed by atoms with Crippen molar-refractivity contribution in [3.63, 3.8) is 0 Å².